The number of anilines is 3. The van der Waals surface area contributed by atoms with Crippen LogP contribution in [0.2, 0.25) is 5.02 Å². The van der Waals surface area contributed by atoms with Gasteiger partial charge in [0, 0.05) is 22.1 Å². The summed E-state index contributed by atoms with van der Waals surface area (Å²) in [7, 11) is 0. The van der Waals surface area contributed by atoms with Crippen molar-refractivity contribution in [3.63, 3.8) is 0 Å². The summed E-state index contributed by atoms with van der Waals surface area (Å²) in [4.78, 5) is 8.94. The van der Waals surface area contributed by atoms with Crippen molar-refractivity contribution in [2.24, 2.45) is 5.84 Å². The lowest BCUT2D eigenvalue weighted by Crippen LogP contribution is -2.14. The van der Waals surface area contributed by atoms with Crippen LogP contribution in [0.5, 0.6) is 0 Å². The molecular weight excluding hydrogens is 354 g/mol. The zero-order valence-electron chi connectivity index (χ0n) is 11.9. The van der Waals surface area contributed by atoms with Crippen LogP contribution >= 0.6 is 27.5 Å². The first-order valence-corrected chi connectivity index (χ1v) is 7.78. The monoisotopic (exact) mass is 369 g/mol. The summed E-state index contributed by atoms with van der Waals surface area (Å²) in [5.41, 5.74) is 4.33. The van der Waals surface area contributed by atoms with E-state index in [1.807, 2.05) is 25.1 Å². The predicted octanol–water partition coefficient (Wildman–Crippen LogP) is 4.18. The van der Waals surface area contributed by atoms with Gasteiger partial charge >= 0.3 is 0 Å². The predicted molar refractivity (Wildman–Crippen MR) is 91.0 cm³/mol. The van der Waals surface area contributed by atoms with E-state index in [1.54, 1.807) is 0 Å². The molecule has 0 unspecified atom stereocenters. The van der Waals surface area contributed by atoms with E-state index >= 15 is 0 Å². The van der Waals surface area contributed by atoms with Crippen molar-refractivity contribution in [3.05, 3.63) is 39.1 Å². The fourth-order valence-corrected chi connectivity index (χ4v) is 2.30. The highest BCUT2D eigenvalue weighted by Gasteiger charge is 2.10. The molecule has 2 aromatic rings. The number of nitrogens with two attached hydrogens (primary N) is 1. The SMILES string of the molecule is CCCc1nc(NN)c(C)c(Nc2ccc(Br)c(Cl)c2)n1. The highest BCUT2D eigenvalue weighted by molar-refractivity contribution is 9.10. The van der Waals surface area contributed by atoms with Crippen molar-refractivity contribution < 1.29 is 0 Å². The Hall–Kier alpha value is -1.37. The summed E-state index contributed by atoms with van der Waals surface area (Å²) >= 11 is 9.48. The Morgan fingerprint density at radius 2 is 2.00 bits per heavy atom. The number of hydrazine groups is 1. The largest absolute Gasteiger partial charge is 0.340 e. The smallest absolute Gasteiger partial charge is 0.148 e. The normalized spacial score (nSPS) is 10.5. The molecule has 1 aromatic carbocycles. The second kappa shape index (κ2) is 7.06. The fourth-order valence-electron chi connectivity index (χ4n) is 1.87. The van der Waals surface area contributed by atoms with Crippen LogP contribution in [0.25, 0.3) is 0 Å². The van der Waals surface area contributed by atoms with E-state index in [4.69, 9.17) is 17.4 Å². The number of aromatic nitrogens is 2. The van der Waals surface area contributed by atoms with E-state index in [-0.39, 0.29) is 0 Å². The van der Waals surface area contributed by atoms with Crippen molar-refractivity contribution in [3.8, 4) is 0 Å². The van der Waals surface area contributed by atoms with Crippen LogP contribution in [0.3, 0.4) is 0 Å². The molecule has 0 atom stereocenters. The van der Waals surface area contributed by atoms with E-state index in [2.05, 4.69) is 43.6 Å². The zero-order valence-corrected chi connectivity index (χ0v) is 14.2. The van der Waals surface area contributed by atoms with E-state index in [0.717, 1.165) is 40.2 Å². The molecule has 112 valence electrons. The van der Waals surface area contributed by atoms with Gasteiger partial charge in [0.2, 0.25) is 0 Å². The summed E-state index contributed by atoms with van der Waals surface area (Å²) in [6.45, 7) is 3.99. The van der Waals surface area contributed by atoms with Gasteiger partial charge in [0.25, 0.3) is 0 Å². The lowest BCUT2D eigenvalue weighted by atomic mass is 10.2. The summed E-state index contributed by atoms with van der Waals surface area (Å²) in [6.07, 6.45) is 1.77. The molecular formula is C14H17BrClN5. The Balaban J connectivity index is 2.37. The topological polar surface area (TPSA) is 75.9 Å². The van der Waals surface area contributed by atoms with E-state index in [9.17, 15) is 0 Å². The van der Waals surface area contributed by atoms with Gasteiger partial charge < -0.3 is 10.7 Å². The minimum atomic E-state index is 0.624. The van der Waals surface area contributed by atoms with E-state index < -0.39 is 0 Å². The molecule has 0 aliphatic carbocycles. The van der Waals surface area contributed by atoms with Gasteiger partial charge in [-0.3, -0.25) is 0 Å². The summed E-state index contributed by atoms with van der Waals surface area (Å²) in [5, 5.41) is 3.90. The molecule has 0 radical (unpaired) electrons. The number of nitrogen functional groups attached to an aromatic ring is 1. The number of halogens is 2. The molecule has 0 spiro atoms. The van der Waals surface area contributed by atoms with Crippen LogP contribution in [-0.4, -0.2) is 9.97 Å². The first kappa shape index (κ1) is 16.0. The molecule has 0 fully saturated rings. The van der Waals surface area contributed by atoms with Crippen LogP contribution < -0.4 is 16.6 Å². The third-order valence-electron chi connectivity index (χ3n) is 2.98. The molecule has 2 rings (SSSR count). The molecule has 0 amide bonds. The Labute approximate surface area is 137 Å². The Kier molecular flexibility index (Phi) is 5.39. The molecule has 4 N–H and O–H groups in total. The number of nitrogens with zero attached hydrogens (tertiary/aromatic N) is 2. The number of aryl methyl sites for hydroxylation is 1. The minimum Gasteiger partial charge on any atom is -0.340 e. The van der Waals surface area contributed by atoms with Crippen molar-refractivity contribution in [1.82, 2.24) is 9.97 Å². The molecule has 0 bridgehead atoms. The summed E-state index contributed by atoms with van der Waals surface area (Å²) in [5.74, 6) is 7.62. The fraction of sp³-hybridized carbons (Fsp3) is 0.286. The maximum absolute atomic E-state index is 6.11. The zero-order chi connectivity index (χ0) is 15.4. The van der Waals surface area contributed by atoms with Crippen molar-refractivity contribution in [2.75, 3.05) is 10.7 Å². The van der Waals surface area contributed by atoms with Gasteiger partial charge in [-0.15, -0.1) is 0 Å². The molecule has 0 saturated carbocycles. The molecule has 21 heavy (non-hydrogen) atoms. The highest BCUT2D eigenvalue weighted by atomic mass is 79.9. The maximum atomic E-state index is 6.11. The molecule has 0 aliphatic heterocycles. The lowest BCUT2D eigenvalue weighted by molar-refractivity contribution is 0.833. The first-order chi connectivity index (χ1) is 10.0. The molecule has 0 saturated heterocycles. The Morgan fingerprint density at radius 3 is 2.62 bits per heavy atom. The van der Waals surface area contributed by atoms with E-state index in [0.29, 0.717) is 10.8 Å². The summed E-state index contributed by atoms with van der Waals surface area (Å²) < 4.78 is 0.852. The average molecular weight is 371 g/mol. The van der Waals surface area contributed by atoms with Crippen molar-refractivity contribution >= 4 is 44.9 Å². The third-order valence-corrected chi connectivity index (χ3v) is 4.22. The second-order valence-electron chi connectivity index (χ2n) is 4.61. The van der Waals surface area contributed by atoms with Crippen LogP contribution in [0.4, 0.5) is 17.3 Å². The highest BCUT2D eigenvalue weighted by Crippen LogP contribution is 2.29. The summed E-state index contributed by atoms with van der Waals surface area (Å²) in [6, 6.07) is 5.64. The molecule has 0 aliphatic rings. The number of hydrogen-bond donors (Lipinski definition) is 3. The standard InChI is InChI=1S/C14H17BrClN5/c1-3-4-12-19-13(8(2)14(20-12)21-17)18-9-5-6-10(15)11(16)7-9/h5-7H,3-4,17H2,1-2H3,(H2,18,19,20,21). The minimum absolute atomic E-state index is 0.624. The van der Waals surface area contributed by atoms with E-state index in [1.165, 1.54) is 0 Å². The Bertz CT molecular complexity index is 648. The van der Waals surface area contributed by atoms with Gasteiger partial charge in [0.1, 0.15) is 17.5 Å². The van der Waals surface area contributed by atoms with Gasteiger partial charge in [-0.1, -0.05) is 18.5 Å². The van der Waals surface area contributed by atoms with Crippen LogP contribution in [0, 0.1) is 6.92 Å². The molecule has 5 nitrogen and oxygen atoms in total. The number of nitrogens with one attached hydrogen (secondary N) is 2. The molecule has 1 heterocycles. The van der Waals surface area contributed by atoms with Gasteiger partial charge in [-0.25, -0.2) is 15.8 Å². The molecule has 1 aromatic heterocycles. The third kappa shape index (κ3) is 3.84. The number of rotatable bonds is 5. The first-order valence-electron chi connectivity index (χ1n) is 6.61. The van der Waals surface area contributed by atoms with Crippen molar-refractivity contribution in [1.29, 1.82) is 0 Å². The number of benzene rings is 1. The Morgan fingerprint density at radius 1 is 1.29 bits per heavy atom. The van der Waals surface area contributed by atoms with Crippen LogP contribution in [0.15, 0.2) is 22.7 Å². The lowest BCUT2D eigenvalue weighted by Gasteiger charge is -2.14. The maximum Gasteiger partial charge on any atom is 0.148 e. The van der Waals surface area contributed by atoms with Gasteiger partial charge in [-0.05, 0) is 47.5 Å². The molecule has 7 heteroatoms. The number of hydrogen-bond acceptors (Lipinski definition) is 5. The van der Waals surface area contributed by atoms with Gasteiger partial charge in [0.05, 0.1) is 5.02 Å². The second-order valence-corrected chi connectivity index (χ2v) is 5.87. The average Bonchev–Trinajstić information content (AvgIpc) is 2.46. The van der Waals surface area contributed by atoms with Crippen LogP contribution in [0.1, 0.15) is 24.7 Å². The van der Waals surface area contributed by atoms with Crippen molar-refractivity contribution in [2.45, 2.75) is 26.7 Å². The van der Waals surface area contributed by atoms with Crippen LogP contribution in [-0.2, 0) is 6.42 Å². The van der Waals surface area contributed by atoms with Gasteiger partial charge in [-0.2, -0.15) is 0 Å². The van der Waals surface area contributed by atoms with Gasteiger partial charge in [0.15, 0.2) is 0 Å². The quantitative estimate of drug-likeness (QED) is 0.543.